The Morgan fingerprint density at radius 3 is 2.52 bits per heavy atom. The van der Waals surface area contributed by atoms with Crippen molar-refractivity contribution in [3.63, 3.8) is 0 Å². The number of carbonyl (C=O) groups is 2. The Balaban J connectivity index is 1.71. The Morgan fingerprint density at radius 1 is 1.05 bits per heavy atom. The van der Waals surface area contributed by atoms with Crippen LogP contribution in [0.5, 0.6) is 0 Å². The minimum Gasteiger partial charge on any atom is -0.481 e. The number of carboxylic acid groups (broad SMARTS) is 1. The van der Waals surface area contributed by atoms with E-state index < -0.39 is 5.97 Å². The van der Waals surface area contributed by atoms with E-state index in [1.807, 2.05) is 36.4 Å². The highest BCUT2D eigenvalue weighted by Crippen LogP contribution is 2.26. The first-order valence-electron chi connectivity index (χ1n) is 7.16. The van der Waals surface area contributed by atoms with Gasteiger partial charge < -0.3 is 10.4 Å². The normalized spacial score (nSPS) is 21.3. The van der Waals surface area contributed by atoms with Crippen molar-refractivity contribution in [2.24, 2.45) is 5.92 Å². The van der Waals surface area contributed by atoms with Crippen LogP contribution in [0.3, 0.4) is 0 Å². The lowest BCUT2D eigenvalue weighted by Crippen LogP contribution is -2.33. The second-order valence-electron chi connectivity index (χ2n) is 5.58. The van der Waals surface area contributed by atoms with Crippen molar-refractivity contribution in [1.82, 2.24) is 5.32 Å². The minimum absolute atomic E-state index is 0.0370. The molecule has 21 heavy (non-hydrogen) atoms. The number of rotatable bonds is 3. The first-order valence-corrected chi connectivity index (χ1v) is 7.16. The Kier molecular flexibility index (Phi) is 3.60. The highest BCUT2D eigenvalue weighted by molar-refractivity contribution is 5.98. The molecular weight excluding hydrogens is 266 g/mol. The number of hydrogen-bond acceptors (Lipinski definition) is 2. The van der Waals surface area contributed by atoms with Gasteiger partial charge >= 0.3 is 5.97 Å². The molecule has 108 valence electrons. The van der Waals surface area contributed by atoms with E-state index in [2.05, 4.69) is 5.32 Å². The average molecular weight is 283 g/mol. The van der Waals surface area contributed by atoms with Gasteiger partial charge in [0.1, 0.15) is 0 Å². The summed E-state index contributed by atoms with van der Waals surface area (Å²) in [6.07, 6.45) is 1.89. The molecule has 0 aromatic heterocycles. The molecule has 1 saturated carbocycles. The second-order valence-corrected chi connectivity index (χ2v) is 5.58. The quantitative estimate of drug-likeness (QED) is 0.910. The first kappa shape index (κ1) is 13.6. The van der Waals surface area contributed by atoms with Gasteiger partial charge in [0.05, 0.1) is 5.92 Å². The maximum Gasteiger partial charge on any atom is 0.306 e. The minimum atomic E-state index is -0.766. The van der Waals surface area contributed by atoms with E-state index in [9.17, 15) is 9.59 Å². The summed E-state index contributed by atoms with van der Waals surface area (Å²) < 4.78 is 0. The molecule has 2 atom stereocenters. The number of nitrogens with one attached hydrogen (secondary N) is 1. The van der Waals surface area contributed by atoms with Gasteiger partial charge in [0.2, 0.25) is 0 Å². The summed E-state index contributed by atoms with van der Waals surface area (Å²) in [5.74, 6) is -1.22. The number of fused-ring (bicyclic) bond motifs is 1. The highest BCUT2D eigenvalue weighted by Gasteiger charge is 2.30. The van der Waals surface area contributed by atoms with E-state index in [0.717, 1.165) is 17.2 Å². The molecule has 1 amide bonds. The van der Waals surface area contributed by atoms with Crippen LogP contribution in [0, 0.1) is 5.92 Å². The largest absolute Gasteiger partial charge is 0.481 e. The topological polar surface area (TPSA) is 66.4 Å². The molecule has 4 nitrogen and oxygen atoms in total. The standard InChI is InChI=1S/C17H17NO3/c19-16(18-15-8-7-14(10-15)17(20)21)13-6-5-11-3-1-2-4-12(11)9-13/h1-6,9,14-15H,7-8,10H2,(H,18,19)(H,20,21)/t14-,15+/m1/s1. The first-order chi connectivity index (χ1) is 10.1. The highest BCUT2D eigenvalue weighted by atomic mass is 16.4. The summed E-state index contributed by atoms with van der Waals surface area (Å²) in [5, 5.41) is 14.1. The number of aliphatic carboxylic acids is 1. The third-order valence-corrected chi connectivity index (χ3v) is 4.13. The SMILES string of the molecule is O=C(N[C@H]1CC[C@@H](C(=O)O)C1)c1ccc2ccccc2c1. The number of benzene rings is 2. The maximum absolute atomic E-state index is 12.3. The van der Waals surface area contributed by atoms with E-state index in [0.29, 0.717) is 18.4 Å². The molecule has 0 spiro atoms. The van der Waals surface area contributed by atoms with Crippen LogP contribution < -0.4 is 5.32 Å². The molecule has 0 unspecified atom stereocenters. The van der Waals surface area contributed by atoms with Crippen LogP contribution in [0.2, 0.25) is 0 Å². The van der Waals surface area contributed by atoms with Gasteiger partial charge in [-0.2, -0.15) is 0 Å². The third-order valence-electron chi connectivity index (χ3n) is 4.13. The zero-order valence-corrected chi connectivity index (χ0v) is 11.6. The number of amides is 1. The van der Waals surface area contributed by atoms with Crippen LogP contribution in [0.4, 0.5) is 0 Å². The van der Waals surface area contributed by atoms with E-state index in [1.165, 1.54) is 0 Å². The Labute approximate surface area is 122 Å². The fourth-order valence-corrected chi connectivity index (χ4v) is 2.94. The molecular formula is C17H17NO3. The van der Waals surface area contributed by atoms with Gasteiger partial charge in [-0.25, -0.2) is 0 Å². The third kappa shape index (κ3) is 2.89. The zero-order valence-electron chi connectivity index (χ0n) is 11.6. The molecule has 0 heterocycles. The van der Waals surface area contributed by atoms with Crippen molar-refractivity contribution in [3.05, 3.63) is 48.0 Å². The van der Waals surface area contributed by atoms with Gasteiger partial charge in [0, 0.05) is 11.6 Å². The monoisotopic (exact) mass is 283 g/mol. The summed E-state index contributed by atoms with van der Waals surface area (Å²) in [4.78, 5) is 23.2. The maximum atomic E-state index is 12.3. The van der Waals surface area contributed by atoms with Crippen molar-refractivity contribution < 1.29 is 14.7 Å². The van der Waals surface area contributed by atoms with Crippen molar-refractivity contribution in [2.75, 3.05) is 0 Å². The average Bonchev–Trinajstić information content (AvgIpc) is 2.95. The van der Waals surface area contributed by atoms with Crippen LogP contribution in [-0.2, 0) is 4.79 Å². The summed E-state index contributed by atoms with van der Waals surface area (Å²) in [6.45, 7) is 0. The molecule has 2 aromatic carbocycles. The van der Waals surface area contributed by atoms with Crippen LogP contribution in [-0.4, -0.2) is 23.0 Å². The second kappa shape index (κ2) is 5.56. The van der Waals surface area contributed by atoms with Gasteiger partial charge in [-0.3, -0.25) is 9.59 Å². The fourth-order valence-electron chi connectivity index (χ4n) is 2.94. The number of hydrogen-bond donors (Lipinski definition) is 2. The predicted octanol–water partition coefficient (Wildman–Crippen LogP) is 2.82. The Hall–Kier alpha value is -2.36. The molecule has 1 aliphatic carbocycles. The smallest absolute Gasteiger partial charge is 0.306 e. The van der Waals surface area contributed by atoms with Gasteiger partial charge in [0.15, 0.2) is 0 Å². The molecule has 0 bridgehead atoms. The lowest BCUT2D eigenvalue weighted by atomic mass is 10.1. The summed E-state index contributed by atoms with van der Waals surface area (Å²) in [7, 11) is 0. The summed E-state index contributed by atoms with van der Waals surface area (Å²) >= 11 is 0. The van der Waals surface area contributed by atoms with Crippen LogP contribution in [0.25, 0.3) is 10.8 Å². The van der Waals surface area contributed by atoms with Crippen molar-refractivity contribution in [2.45, 2.75) is 25.3 Å². The van der Waals surface area contributed by atoms with Crippen molar-refractivity contribution in [3.8, 4) is 0 Å². The van der Waals surface area contributed by atoms with Gasteiger partial charge in [-0.1, -0.05) is 30.3 Å². The van der Waals surface area contributed by atoms with Gasteiger partial charge in [-0.15, -0.1) is 0 Å². The number of carbonyl (C=O) groups excluding carboxylic acids is 1. The Bertz CT molecular complexity index is 695. The predicted molar refractivity (Wildman–Crippen MR) is 80.2 cm³/mol. The molecule has 0 radical (unpaired) electrons. The van der Waals surface area contributed by atoms with Gasteiger partial charge in [0.25, 0.3) is 5.91 Å². The van der Waals surface area contributed by atoms with Crippen LogP contribution in [0.15, 0.2) is 42.5 Å². The molecule has 1 aliphatic rings. The lowest BCUT2D eigenvalue weighted by molar-refractivity contribution is -0.141. The summed E-state index contributed by atoms with van der Waals surface area (Å²) in [5.41, 5.74) is 0.618. The number of carboxylic acids is 1. The summed E-state index contributed by atoms with van der Waals surface area (Å²) in [6, 6.07) is 13.5. The van der Waals surface area contributed by atoms with Crippen LogP contribution >= 0.6 is 0 Å². The van der Waals surface area contributed by atoms with E-state index >= 15 is 0 Å². The van der Waals surface area contributed by atoms with Gasteiger partial charge in [-0.05, 0) is 42.2 Å². The van der Waals surface area contributed by atoms with Crippen LogP contribution in [0.1, 0.15) is 29.6 Å². The fraction of sp³-hybridized carbons (Fsp3) is 0.294. The van der Waals surface area contributed by atoms with E-state index in [4.69, 9.17) is 5.11 Å². The Morgan fingerprint density at radius 2 is 1.81 bits per heavy atom. The molecule has 4 heteroatoms. The zero-order chi connectivity index (χ0) is 14.8. The molecule has 2 aromatic rings. The molecule has 0 saturated heterocycles. The van der Waals surface area contributed by atoms with E-state index in [-0.39, 0.29) is 17.9 Å². The van der Waals surface area contributed by atoms with Crippen molar-refractivity contribution >= 4 is 22.6 Å². The van der Waals surface area contributed by atoms with Crippen molar-refractivity contribution in [1.29, 1.82) is 0 Å². The molecule has 2 N–H and O–H groups in total. The lowest BCUT2D eigenvalue weighted by Gasteiger charge is -2.12. The molecule has 1 fully saturated rings. The van der Waals surface area contributed by atoms with E-state index in [1.54, 1.807) is 6.07 Å². The molecule has 3 rings (SSSR count). The molecule has 0 aliphatic heterocycles.